The largest absolute Gasteiger partial charge is 0.480 e. The predicted octanol–water partition coefficient (Wildman–Crippen LogP) is 2.80. The Bertz CT molecular complexity index is 1270. The fourth-order valence-electron chi connectivity index (χ4n) is 4.32. The topological polar surface area (TPSA) is 162 Å². The number of carbonyl (C=O) groups excluding carboxylic acids is 3. The molecule has 3 N–H and O–H groups in total. The molecule has 0 radical (unpaired) electrons. The Labute approximate surface area is 226 Å². The third-order valence-corrected chi connectivity index (χ3v) is 6.77. The molecule has 0 bridgehead atoms. The third-order valence-electron chi connectivity index (χ3n) is 6.77. The van der Waals surface area contributed by atoms with Gasteiger partial charge in [-0.05, 0) is 56.5 Å². The minimum Gasteiger partial charge on any atom is -0.480 e. The van der Waals surface area contributed by atoms with E-state index < -0.39 is 28.3 Å². The molecule has 12 nitrogen and oxygen atoms in total. The van der Waals surface area contributed by atoms with Crippen molar-refractivity contribution >= 4 is 40.8 Å². The van der Waals surface area contributed by atoms with Crippen molar-refractivity contribution in [2.45, 2.75) is 39.2 Å². The zero-order chi connectivity index (χ0) is 28.9. The Kier molecular flexibility index (Phi) is 8.89. The highest BCUT2D eigenvalue weighted by Gasteiger charge is 2.57. The van der Waals surface area contributed by atoms with Crippen LogP contribution in [0.25, 0.3) is 0 Å². The number of hydrogen-bond acceptors (Lipinski definition) is 7. The van der Waals surface area contributed by atoms with E-state index in [1.165, 1.54) is 23.1 Å². The second-order valence-electron chi connectivity index (χ2n) is 9.64. The van der Waals surface area contributed by atoms with Gasteiger partial charge in [0.05, 0.1) is 4.92 Å². The summed E-state index contributed by atoms with van der Waals surface area (Å²) in [6.45, 7) is 4.63. The first-order chi connectivity index (χ1) is 18.4. The van der Waals surface area contributed by atoms with Crippen molar-refractivity contribution in [2.24, 2.45) is 5.41 Å². The van der Waals surface area contributed by atoms with Gasteiger partial charge in [-0.25, -0.2) is 4.79 Å². The summed E-state index contributed by atoms with van der Waals surface area (Å²) in [5.74, 6) is -2.47. The normalized spacial score (nSPS) is 14.1. The number of nitro benzene ring substituents is 1. The summed E-state index contributed by atoms with van der Waals surface area (Å²) >= 11 is 0. The number of rotatable bonds is 12. The summed E-state index contributed by atoms with van der Waals surface area (Å²) in [6, 6.07) is 9.56. The first-order valence-electron chi connectivity index (χ1n) is 12.6. The number of nitrogens with one attached hydrogen (secondary N) is 2. The molecule has 1 saturated carbocycles. The highest BCUT2D eigenvalue weighted by atomic mass is 16.6. The molecule has 0 spiro atoms. The van der Waals surface area contributed by atoms with E-state index in [4.69, 9.17) is 0 Å². The summed E-state index contributed by atoms with van der Waals surface area (Å²) in [7, 11) is 3.10. The summed E-state index contributed by atoms with van der Waals surface area (Å²) in [5.41, 5.74) is 0.0616. The van der Waals surface area contributed by atoms with Gasteiger partial charge in [-0.1, -0.05) is 12.1 Å². The van der Waals surface area contributed by atoms with Gasteiger partial charge in [-0.2, -0.15) is 0 Å². The maximum absolute atomic E-state index is 12.7. The number of carbonyl (C=O) groups is 4. The van der Waals surface area contributed by atoms with Crippen molar-refractivity contribution in [2.75, 3.05) is 32.5 Å². The molecule has 3 rings (SSSR count). The van der Waals surface area contributed by atoms with Crippen LogP contribution in [0.1, 0.15) is 42.6 Å². The van der Waals surface area contributed by atoms with E-state index in [0.717, 1.165) is 0 Å². The number of carboxylic acid groups (broad SMARTS) is 1. The van der Waals surface area contributed by atoms with Gasteiger partial charge in [0.15, 0.2) is 0 Å². The van der Waals surface area contributed by atoms with Crippen LogP contribution in [-0.4, -0.2) is 76.7 Å². The average Bonchev–Trinajstić information content (AvgIpc) is 3.71. The van der Waals surface area contributed by atoms with Gasteiger partial charge in [0, 0.05) is 50.9 Å². The lowest BCUT2D eigenvalue weighted by molar-refractivity contribution is -0.383. The molecule has 0 aromatic heterocycles. The van der Waals surface area contributed by atoms with Gasteiger partial charge >= 0.3 is 5.97 Å². The fourth-order valence-corrected chi connectivity index (χ4v) is 4.32. The Morgan fingerprint density at radius 3 is 2.15 bits per heavy atom. The second-order valence-corrected chi connectivity index (χ2v) is 9.64. The van der Waals surface area contributed by atoms with E-state index in [0.29, 0.717) is 37.2 Å². The summed E-state index contributed by atoms with van der Waals surface area (Å²) in [5, 5.41) is 26.8. The summed E-state index contributed by atoms with van der Waals surface area (Å²) < 4.78 is 0. The van der Waals surface area contributed by atoms with E-state index in [2.05, 4.69) is 10.6 Å². The number of anilines is 2. The van der Waals surface area contributed by atoms with Gasteiger partial charge in [-0.3, -0.25) is 24.5 Å². The maximum Gasteiger partial charge on any atom is 0.326 e. The molecule has 2 aromatic carbocycles. The minimum absolute atomic E-state index is 0.0180. The number of aliphatic carboxylic acids is 1. The van der Waals surface area contributed by atoms with Crippen molar-refractivity contribution in [1.29, 1.82) is 0 Å². The number of nitro groups is 1. The molecule has 1 aliphatic rings. The van der Waals surface area contributed by atoms with Gasteiger partial charge in [0.2, 0.25) is 11.8 Å². The Hall–Kier alpha value is -4.48. The van der Waals surface area contributed by atoms with Gasteiger partial charge in [-0.15, -0.1) is 0 Å². The number of benzene rings is 2. The first kappa shape index (κ1) is 29.1. The SMILES string of the molecule is CCN(CC)C(=O)c1ccc(Nc2ccc(C[C@H](NC(=O)C3(C(=O)N(C)C)CC3)C(=O)O)cc2)c([N+](=O)[O-])c1. The highest BCUT2D eigenvalue weighted by molar-refractivity contribution is 6.08. The lowest BCUT2D eigenvalue weighted by Crippen LogP contribution is -2.49. The smallest absolute Gasteiger partial charge is 0.326 e. The van der Waals surface area contributed by atoms with Crippen LogP contribution in [0.3, 0.4) is 0 Å². The van der Waals surface area contributed by atoms with Crippen molar-refractivity contribution in [3.8, 4) is 0 Å². The molecular weight excluding hydrogens is 506 g/mol. The fraction of sp³-hybridized carbons (Fsp3) is 0.407. The van der Waals surface area contributed by atoms with E-state index in [1.807, 2.05) is 13.8 Å². The molecule has 208 valence electrons. The standard InChI is InChI=1S/C27H33N5O7/c1-5-31(6-2)23(33)18-9-12-20(22(16-18)32(38)39)28-19-10-7-17(8-11-19)15-21(24(34)35)29-25(36)27(13-14-27)26(37)30(3)4/h7-12,16,21,28H,5-6,13-15H2,1-4H3,(H,29,36)(H,34,35)/t21-/m0/s1. The van der Waals surface area contributed by atoms with Crippen molar-refractivity contribution in [1.82, 2.24) is 15.1 Å². The Morgan fingerprint density at radius 1 is 1.05 bits per heavy atom. The molecular formula is C27H33N5O7. The van der Waals surface area contributed by atoms with Crippen LogP contribution in [0, 0.1) is 15.5 Å². The zero-order valence-corrected chi connectivity index (χ0v) is 22.4. The molecule has 0 unspecified atom stereocenters. The first-order valence-corrected chi connectivity index (χ1v) is 12.6. The molecule has 1 fully saturated rings. The number of carboxylic acids is 1. The van der Waals surface area contributed by atoms with Crippen LogP contribution < -0.4 is 10.6 Å². The van der Waals surface area contributed by atoms with Gasteiger partial charge in [0.1, 0.15) is 17.1 Å². The summed E-state index contributed by atoms with van der Waals surface area (Å²) in [4.78, 5) is 63.6. The number of amides is 3. The quantitative estimate of drug-likeness (QED) is 0.211. The molecule has 39 heavy (non-hydrogen) atoms. The van der Waals surface area contributed by atoms with E-state index in [1.54, 1.807) is 43.3 Å². The highest BCUT2D eigenvalue weighted by Crippen LogP contribution is 2.47. The average molecular weight is 540 g/mol. The van der Waals surface area contributed by atoms with Crippen LogP contribution in [0.4, 0.5) is 17.1 Å². The molecule has 3 amide bonds. The monoisotopic (exact) mass is 539 g/mol. The molecule has 0 saturated heterocycles. The van der Waals surface area contributed by atoms with E-state index in [-0.39, 0.29) is 35.2 Å². The minimum atomic E-state index is -1.24. The van der Waals surface area contributed by atoms with Crippen molar-refractivity contribution in [3.05, 3.63) is 63.7 Å². The molecule has 2 aromatic rings. The Balaban J connectivity index is 1.72. The van der Waals surface area contributed by atoms with Crippen molar-refractivity contribution in [3.63, 3.8) is 0 Å². The lowest BCUT2D eigenvalue weighted by atomic mass is 10.0. The molecule has 1 aliphatic carbocycles. The number of hydrogen-bond donors (Lipinski definition) is 3. The van der Waals surface area contributed by atoms with E-state index in [9.17, 15) is 34.4 Å². The molecule has 0 heterocycles. The molecule has 1 atom stereocenters. The van der Waals surface area contributed by atoms with Crippen LogP contribution in [0.2, 0.25) is 0 Å². The zero-order valence-electron chi connectivity index (χ0n) is 22.4. The lowest BCUT2D eigenvalue weighted by Gasteiger charge is -2.22. The second kappa shape index (κ2) is 11.9. The van der Waals surface area contributed by atoms with Crippen LogP contribution >= 0.6 is 0 Å². The maximum atomic E-state index is 12.7. The number of nitrogens with zero attached hydrogens (tertiary/aromatic N) is 3. The predicted molar refractivity (Wildman–Crippen MR) is 144 cm³/mol. The molecule has 12 heteroatoms. The van der Waals surface area contributed by atoms with Crippen LogP contribution in [0.5, 0.6) is 0 Å². The molecule has 0 aliphatic heterocycles. The van der Waals surface area contributed by atoms with Crippen LogP contribution in [-0.2, 0) is 20.8 Å². The van der Waals surface area contributed by atoms with Crippen molar-refractivity contribution < 1.29 is 29.2 Å². The van der Waals surface area contributed by atoms with Gasteiger partial charge < -0.3 is 25.5 Å². The summed E-state index contributed by atoms with van der Waals surface area (Å²) in [6.07, 6.45) is 0.731. The van der Waals surface area contributed by atoms with E-state index >= 15 is 0 Å². The third kappa shape index (κ3) is 6.51. The van der Waals surface area contributed by atoms with Gasteiger partial charge in [0.25, 0.3) is 11.6 Å². The Morgan fingerprint density at radius 2 is 1.67 bits per heavy atom. The van der Waals surface area contributed by atoms with Crippen LogP contribution in [0.15, 0.2) is 42.5 Å².